The fraction of sp³-hybridized carbons (Fsp3) is 0.688. The second kappa shape index (κ2) is 7.04. The van der Waals surface area contributed by atoms with Crippen molar-refractivity contribution in [3.8, 4) is 5.88 Å². The molecule has 1 aliphatic rings. The van der Waals surface area contributed by atoms with Gasteiger partial charge in [0.15, 0.2) is 0 Å². The third-order valence-electron chi connectivity index (χ3n) is 3.34. The van der Waals surface area contributed by atoms with Crippen LogP contribution in [0.5, 0.6) is 5.88 Å². The first-order chi connectivity index (χ1) is 9.54. The summed E-state index contributed by atoms with van der Waals surface area (Å²) in [4.78, 5) is 4.35. The van der Waals surface area contributed by atoms with Crippen molar-refractivity contribution in [2.75, 3.05) is 13.2 Å². The van der Waals surface area contributed by atoms with Gasteiger partial charge in [0.25, 0.3) is 0 Å². The molecule has 4 heteroatoms. The van der Waals surface area contributed by atoms with Gasteiger partial charge in [-0.05, 0) is 46.1 Å². The van der Waals surface area contributed by atoms with Gasteiger partial charge >= 0.3 is 0 Å². The molecule has 1 unspecified atom stereocenters. The fourth-order valence-electron chi connectivity index (χ4n) is 2.16. The lowest BCUT2D eigenvalue weighted by atomic mass is 10.1. The second-order valence-electron chi connectivity index (χ2n) is 6.37. The van der Waals surface area contributed by atoms with E-state index in [1.54, 1.807) is 6.20 Å². The summed E-state index contributed by atoms with van der Waals surface area (Å²) in [5.74, 6) is 0.721. The zero-order valence-electron chi connectivity index (χ0n) is 12.8. The van der Waals surface area contributed by atoms with Crippen molar-refractivity contribution in [3.05, 3.63) is 23.9 Å². The van der Waals surface area contributed by atoms with Gasteiger partial charge in [-0.15, -0.1) is 0 Å². The Morgan fingerprint density at radius 2 is 2.25 bits per heavy atom. The summed E-state index contributed by atoms with van der Waals surface area (Å²) in [6, 6.07) is 4.01. The Hall–Kier alpha value is -1.13. The molecule has 4 nitrogen and oxygen atoms in total. The van der Waals surface area contributed by atoms with Crippen LogP contribution < -0.4 is 10.1 Å². The van der Waals surface area contributed by atoms with Crippen LogP contribution >= 0.6 is 0 Å². The molecule has 0 aromatic carbocycles. The van der Waals surface area contributed by atoms with Crippen molar-refractivity contribution >= 4 is 0 Å². The third kappa shape index (κ3) is 5.10. The van der Waals surface area contributed by atoms with Gasteiger partial charge in [-0.1, -0.05) is 6.07 Å². The molecule has 1 aliphatic heterocycles. The normalized spacial score (nSPS) is 19.9. The van der Waals surface area contributed by atoms with Crippen LogP contribution in [-0.2, 0) is 11.3 Å². The van der Waals surface area contributed by atoms with Crippen LogP contribution in [0.1, 0.15) is 45.6 Å². The van der Waals surface area contributed by atoms with Crippen molar-refractivity contribution in [2.24, 2.45) is 0 Å². The van der Waals surface area contributed by atoms with Gasteiger partial charge < -0.3 is 14.8 Å². The van der Waals surface area contributed by atoms with Gasteiger partial charge in [0.2, 0.25) is 5.88 Å². The zero-order valence-corrected chi connectivity index (χ0v) is 12.8. The zero-order chi connectivity index (χ0) is 14.4. The lowest BCUT2D eigenvalue weighted by Gasteiger charge is -2.24. The molecule has 1 aromatic heterocycles. The Bertz CT molecular complexity index is 409. The van der Waals surface area contributed by atoms with Gasteiger partial charge in [0.1, 0.15) is 6.61 Å². The van der Waals surface area contributed by atoms with E-state index in [9.17, 15) is 0 Å². The minimum Gasteiger partial charge on any atom is -0.475 e. The molecule has 1 N–H and O–H groups in total. The van der Waals surface area contributed by atoms with E-state index in [-0.39, 0.29) is 11.6 Å². The molecule has 0 radical (unpaired) electrons. The van der Waals surface area contributed by atoms with Gasteiger partial charge in [-0.25, -0.2) is 4.98 Å². The Balaban J connectivity index is 1.89. The van der Waals surface area contributed by atoms with Crippen molar-refractivity contribution in [2.45, 2.75) is 58.2 Å². The van der Waals surface area contributed by atoms with E-state index in [1.165, 1.54) is 12.8 Å². The maximum Gasteiger partial charge on any atom is 0.217 e. The fourth-order valence-corrected chi connectivity index (χ4v) is 2.16. The number of ether oxygens (including phenoxy) is 2. The largest absolute Gasteiger partial charge is 0.475 e. The molecule has 0 aliphatic carbocycles. The Morgan fingerprint density at radius 1 is 1.40 bits per heavy atom. The molecule has 2 rings (SSSR count). The molecule has 1 atom stereocenters. The molecule has 0 saturated carbocycles. The van der Waals surface area contributed by atoms with Crippen LogP contribution in [0.15, 0.2) is 18.3 Å². The molecular formula is C16H26N2O2. The van der Waals surface area contributed by atoms with Gasteiger partial charge in [0, 0.05) is 30.5 Å². The molecule has 2 heterocycles. The highest BCUT2D eigenvalue weighted by Crippen LogP contribution is 2.18. The lowest BCUT2D eigenvalue weighted by Crippen LogP contribution is -2.35. The number of pyridine rings is 1. The summed E-state index contributed by atoms with van der Waals surface area (Å²) in [5.41, 5.74) is 1.18. The summed E-state index contributed by atoms with van der Waals surface area (Å²) in [6.07, 6.45) is 5.48. The number of nitrogens with zero attached hydrogens (tertiary/aromatic N) is 1. The van der Waals surface area contributed by atoms with Gasteiger partial charge in [-0.3, -0.25) is 0 Å². The van der Waals surface area contributed by atoms with E-state index in [0.717, 1.165) is 31.0 Å². The number of nitrogens with one attached hydrogen (secondary N) is 1. The molecule has 0 amide bonds. The van der Waals surface area contributed by atoms with Gasteiger partial charge in [-0.2, -0.15) is 0 Å². The number of hydrogen-bond acceptors (Lipinski definition) is 4. The third-order valence-corrected chi connectivity index (χ3v) is 3.34. The molecule has 0 bridgehead atoms. The first-order valence-electron chi connectivity index (χ1n) is 7.48. The van der Waals surface area contributed by atoms with E-state index >= 15 is 0 Å². The maximum atomic E-state index is 5.87. The summed E-state index contributed by atoms with van der Waals surface area (Å²) in [7, 11) is 0. The average molecular weight is 278 g/mol. The highest BCUT2D eigenvalue weighted by molar-refractivity contribution is 5.25. The Labute approximate surface area is 121 Å². The van der Waals surface area contributed by atoms with Crippen LogP contribution in [0.2, 0.25) is 0 Å². The van der Waals surface area contributed by atoms with Crippen LogP contribution in [0.25, 0.3) is 0 Å². The Morgan fingerprint density at radius 3 is 2.95 bits per heavy atom. The molecule has 112 valence electrons. The quantitative estimate of drug-likeness (QED) is 0.899. The van der Waals surface area contributed by atoms with E-state index < -0.39 is 0 Å². The van der Waals surface area contributed by atoms with E-state index in [4.69, 9.17) is 9.47 Å². The van der Waals surface area contributed by atoms with Crippen molar-refractivity contribution in [3.63, 3.8) is 0 Å². The molecule has 20 heavy (non-hydrogen) atoms. The number of hydrogen-bond donors (Lipinski definition) is 1. The predicted molar refractivity (Wildman–Crippen MR) is 79.9 cm³/mol. The van der Waals surface area contributed by atoms with Crippen LogP contribution in [0, 0.1) is 0 Å². The van der Waals surface area contributed by atoms with Crippen LogP contribution in [-0.4, -0.2) is 29.8 Å². The van der Waals surface area contributed by atoms with Gasteiger partial charge in [0.05, 0.1) is 6.10 Å². The summed E-state index contributed by atoms with van der Waals surface area (Å²) < 4.78 is 11.6. The van der Waals surface area contributed by atoms with Crippen molar-refractivity contribution < 1.29 is 9.47 Å². The molecule has 0 spiro atoms. The number of aromatic nitrogens is 1. The smallest absolute Gasteiger partial charge is 0.217 e. The monoisotopic (exact) mass is 278 g/mol. The molecule has 1 aromatic rings. The summed E-state index contributed by atoms with van der Waals surface area (Å²) in [6.45, 7) is 8.67. The lowest BCUT2D eigenvalue weighted by molar-refractivity contribution is -0.0121. The van der Waals surface area contributed by atoms with Crippen molar-refractivity contribution in [1.29, 1.82) is 0 Å². The highest BCUT2D eigenvalue weighted by Gasteiger charge is 2.16. The first-order valence-corrected chi connectivity index (χ1v) is 7.48. The molecular weight excluding hydrogens is 252 g/mol. The molecule has 1 saturated heterocycles. The first kappa shape index (κ1) is 15.3. The molecule has 1 fully saturated rings. The topological polar surface area (TPSA) is 43.4 Å². The standard InChI is InChI=1S/C16H26N2O2/c1-16(2,3)18-11-13-7-6-9-17-15(13)20-12-14-8-4-5-10-19-14/h6-7,9,14,18H,4-5,8,10-12H2,1-3H3. The van der Waals surface area contributed by atoms with Crippen molar-refractivity contribution in [1.82, 2.24) is 10.3 Å². The highest BCUT2D eigenvalue weighted by atomic mass is 16.5. The minimum absolute atomic E-state index is 0.0829. The summed E-state index contributed by atoms with van der Waals surface area (Å²) >= 11 is 0. The van der Waals surface area contributed by atoms with E-state index in [0.29, 0.717) is 6.61 Å². The maximum absolute atomic E-state index is 5.87. The predicted octanol–water partition coefficient (Wildman–Crippen LogP) is 2.92. The Kier molecular flexibility index (Phi) is 5.38. The van der Waals surface area contributed by atoms with Crippen LogP contribution in [0.4, 0.5) is 0 Å². The SMILES string of the molecule is CC(C)(C)NCc1cccnc1OCC1CCCCO1. The number of rotatable bonds is 5. The minimum atomic E-state index is 0.0829. The average Bonchev–Trinajstić information content (AvgIpc) is 2.44. The summed E-state index contributed by atoms with van der Waals surface area (Å²) in [5, 5.41) is 3.47. The van der Waals surface area contributed by atoms with E-state index in [2.05, 4.69) is 37.1 Å². The van der Waals surface area contributed by atoms with Crippen LogP contribution in [0.3, 0.4) is 0 Å². The second-order valence-corrected chi connectivity index (χ2v) is 6.37. The van der Waals surface area contributed by atoms with E-state index in [1.807, 2.05) is 6.07 Å².